The second-order valence-electron chi connectivity index (χ2n) is 5.04. The first-order valence-corrected chi connectivity index (χ1v) is 7.05. The minimum absolute atomic E-state index is 0.0325. The smallest absolute Gasteiger partial charge is 0.304 e. The van der Waals surface area contributed by atoms with Crippen LogP contribution in [0, 0.1) is 6.92 Å². The minimum Gasteiger partial charge on any atom is -0.481 e. The molecule has 1 unspecified atom stereocenters. The standard InChI is InChI=1S/C16H12Cl2O2/c1-8-3-2-4-10-11(7-14(19)20)16-12(15(8)10)5-9(17)6-13(16)18/h2-6,11H,7H2,1H3,(H,19,20). The summed E-state index contributed by atoms with van der Waals surface area (Å²) in [6.45, 7) is 2.01. The molecule has 1 atom stereocenters. The van der Waals surface area contributed by atoms with E-state index >= 15 is 0 Å². The van der Waals surface area contributed by atoms with Crippen LogP contribution in [0.2, 0.25) is 10.0 Å². The Hall–Kier alpha value is -1.51. The number of fused-ring (bicyclic) bond motifs is 3. The van der Waals surface area contributed by atoms with Crippen LogP contribution < -0.4 is 0 Å². The number of halogens is 2. The van der Waals surface area contributed by atoms with Crippen molar-refractivity contribution in [1.29, 1.82) is 0 Å². The molecule has 1 aliphatic rings. The summed E-state index contributed by atoms with van der Waals surface area (Å²) in [6.07, 6.45) is 0.0325. The summed E-state index contributed by atoms with van der Waals surface area (Å²) in [7, 11) is 0. The van der Waals surface area contributed by atoms with Crippen molar-refractivity contribution in [3.63, 3.8) is 0 Å². The zero-order valence-corrected chi connectivity index (χ0v) is 12.3. The third-order valence-electron chi connectivity index (χ3n) is 3.77. The van der Waals surface area contributed by atoms with Crippen LogP contribution in [0.4, 0.5) is 0 Å². The van der Waals surface area contributed by atoms with E-state index in [9.17, 15) is 9.90 Å². The first-order chi connectivity index (χ1) is 9.49. The highest BCUT2D eigenvalue weighted by Gasteiger charge is 2.33. The Morgan fingerprint density at radius 1 is 1.30 bits per heavy atom. The molecule has 0 saturated heterocycles. The Morgan fingerprint density at radius 2 is 2.05 bits per heavy atom. The van der Waals surface area contributed by atoms with Gasteiger partial charge in [0.15, 0.2) is 0 Å². The number of hydrogen-bond acceptors (Lipinski definition) is 1. The molecule has 0 radical (unpaired) electrons. The number of hydrogen-bond donors (Lipinski definition) is 1. The van der Waals surface area contributed by atoms with Gasteiger partial charge >= 0.3 is 5.97 Å². The molecule has 4 heteroatoms. The molecule has 0 fully saturated rings. The molecule has 0 amide bonds. The van der Waals surface area contributed by atoms with Crippen LogP contribution in [0.1, 0.15) is 29.0 Å². The van der Waals surface area contributed by atoms with Crippen molar-refractivity contribution < 1.29 is 9.90 Å². The average Bonchev–Trinajstić information content (AvgIpc) is 2.64. The maximum absolute atomic E-state index is 11.2. The topological polar surface area (TPSA) is 37.3 Å². The number of benzene rings is 2. The fourth-order valence-corrected chi connectivity index (χ4v) is 3.66. The lowest BCUT2D eigenvalue weighted by Gasteiger charge is -2.12. The Balaban J connectivity index is 2.32. The summed E-state index contributed by atoms with van der Waals surface area (Å²) in [5, 5.41) is 10.3. The van der Waals surface area contributed by atoms with Crippen molar-refractivity contribution in [2.45, 2.75) is 19.3 Å². The van der Waals surface area contributed by atoms with Crippen LogP contribution >= 0.6 is 23.2 Å². The largest absolute Gasteiger partial charge is 0.481 e. The van der Waals surface area contributed by atoms with Crippen molar-refractivity contribution in [2.24, 2.45) is 0 Å². The maximum Gasteiger partial charge on any atom is 0.304 e. The van der Waals surface area contributed by atoms with Gasteiger partial charge in [0.05, 0.1) is 6.42 Å². The maximum atomic E-state index is 11.2. The summed E-state index contributed by atoms with van der Waals surface area (Å²) in [5.74, 6) is -1.04. The quantitative estimate of drug-likeness (QED) is 0.857. The Morgan fingerprint density at radius 3 is 2.75 bits per heavy atom. The summed E-state index contributed by atoms with van der Waals surface area (Å²) in [4.78, 5) is 11.2. The molecule has 1 N–H and O–H groups in total. The average molecular weight is 307 g/mol. The lowest BCUT2D eigenvalue weighted by Crippen LogP contribution is -2.05. The van der Waals surface area contributed by atoms with Crippen molar-refractivity contribution in [2.75, 3.05) is 0 Å². The number of aryl methyl sites for hydroxylation is 1. The minimum atomic E-state index is -0.832. The van der Waals surface area contributed by atoms with Gasteiger partial charge < -0.3 is 5.11 Å². The molecule has 2 aromatic carbocycles. The van der Waals surface area contributed by atoms with Crippen molar-refractivity contribution in [3.05, 3.63) is 57.1 Å². The lowest BCUT2D eigenvalue weighted by atomic mass is 9.93. The van der Waals surface area contributed by atoms with Crippen LogP contribution in [-0.2, 0) is 4.79 Å². The van der Waals surface area contributed by atoms with Gasteiger partial charge in [-0.05, 0) is 46.9 Å². The van der Waals surface area contributed by atoms with E-state index in [1.807, 2.05) is 31.2 Å². The van der Waals surface area contributed by atoms with Crippen molar-refractivity contribution in [1.82, 2.24) is 0 Å². The van der Waals surface area contributed by atoms with Crippen LogP contribution in [0.25, 0.3) is 11.1 Å². The molecule has 0 bridgehead atoms. The number of rotatable bonds is 2. The second kappa shape index (κ2) is 4.80. The van der Waals surface area contributed by atoms with E-state index in [-0.39, 0.29) is 12.3 Å². The fourth-order valence-electron chi connectivity index (χ4n) is 3.04. The number of carboxylic acid groups (broad SMARTS) is 1. The molecule has 2 nitrogen and oxygen atoms in total. The molecule has 3 rings (SSSR count). The predicted molar refractivity (Wildman–Crippen MR) is 80.7 cm³/mol. The Kier molecular flexibility index (Phi) is 3.23. The van der Waals surface area contributed by atoms with Crippen LogP contribution in [0.15, 0.2) is 30.3 Å². The molecule has 0 heterocycles. The van der Waals surface area contributed by atoms with Gasteiger partial charge in [0.2, 0.25) is 0 Å². The lowest BCUT2D eigenvalue weighted by molar-refractivity contribution is -0.137. The molecule has 0 saturated carbocycles. The van der Waals surface area contributed by atoms with E-state index in [1.165, 1.54) is 0 Å². The first-order valence-electron chi connectivity index (χ1n) is 6.29. The highest BCUT2D eigenvalue weighted by atomic mass is 35.5. The molecule has 1 aliphatic carbocycles. The molecule has 20 heavy (non-hydrogen) atoms. The number of aliphatic carboxylic acids is 1. The molecular weight excluding hydrogens is 295 g/mol. The van der Waals surface area contributed by atoms with Gasteiger partial charge in [-0.25, -0.2) is 0 Å². The van der Waals surface area contributed by atoms with E-state index in [4.69, 9.17) is 23.2 Å². The van der Waals surface area contributed by atoms with Gasteiger partial charge in [-0.15, -0.1) is 0 Å². The van der Waals surface area contributed by atoms with Gasteiger partial charge in [0.25, 0.3) is 0 Å². The van der Waals surface area contributed by atoms with Crippen molar-refractivity contribution in [3.8, 4) is 11.1 Å². The molecule has 2 aromatic rings. The Bertz CT molecular complexity index is 723. The predicted octanol–water partition coefficient (Wildman–Crippen LogP) is 4.89. The zero-order valence-electron chi connectivity index (χ0n) is 10.8. The van der Waals surface area contributed by atoms with Gasteiger partial charge in [-0.1, -0.05) is 41.4 Å². The third-order valence-corrected chi connectivity index (χ3v) is 4.30. The van der Waals surface area contributed by atoms with Gasteiger partial charge in [0.1, 0.15) is 0 Å². The van der Waals surface area contributed by atoms with Crippen LogP contribution in [0.3, 0.4) is 0 Å². The SMILES string of the molecule is Cc1cccc2c1-c1cc(Cl)cc(Cl)c1C2CC(=O)O. The third kappa shape index (κ3) is 2.00. The Labute approximate surface area is 127 Å². The van der Waals surface area contributed by atoms with E-state index in [1.54, 1.807) is 6.07 Å². The molecule has 102 valence electrons. The zero-order chi connectivity index (χ0) is 14.4. The van der Waals surface area contributed by atoms with Gasteiger partial charge in [-0.3, -0.25) is 4.79 Å². The monoisotopic (exact) mass is 306 g/mol. The van der Waals surface area contributed by atoms with E-state index in [0.29, 0.717) is 10.0 Å². The van der Waals surface area contributed by atoms with Crippen molar-refractivity contribution >= 4 is 29.2 Å². The normalized spacial score (nSPS) is 15.8. The number of carboxylic acids is 1. The summed E-state index contributed by atoms with van der Waals surface area (Å²) in [5.41, 5.74) is 5.03. The van der Waals surface area contributed by atoms with E-state index in [0.717, 1.165) is 27.8 Å². The van der Waals surface area contributed by atoms with E-state index in [2.05, 4.69) is 0 Å². The van der Waals surface area contributed by atoms with Gasteiger partial charge in [0, 0.05) is 16.0 Å². The summed E-state index contributed by atoms with van der Waals surface area (Å²) < 4.78 is 0. The molecular formula is C16H12Cl2O2. The number of carbonyl (C=O) groups is 1. The first kappa shape index (κ1) is 13.5. The summed E-state index contributed by atoms with van der Waals surface area (Å²) in [6, 6.07) is 9.49. The summed E-state index contributed by atoms with van der Waals surface area (Å²) >= 11 is 12.4. The second-order valence-corrected chi connectivity index (χ2v) is 5.88. The van der Waals surface area contributed by atoms with Crippen LogP contribution in [0.5, 0.6) is 0 Å². The van der Waals surface area contributed by atoms with E-state index < -0.39 is 5.97 Å². The van der Waals surface area contributed by atoms with Crippen LogP contribution in [-0.4, -0.2) is 11.1 Å². The molecule has 0 aromatic heterocycles. The molecule has 0 spiro atoms. The highest BCUT2D eigenvalue weighted by Crippen LogP contribution is 2.51. The fraction of sp³-hybridized carbons (Fsp3) is 0.188. The van der Waals surface area contributed by atoms with Gasteiger partial charge in [-0.2, -0.15) is 0 Å². The molecule has 0 aliphatic heterocycles. The highest BCUT2D eigenvalue weighted by molar-refractivity contribution is 6.36.